The number of pyridine rings is 1. The van der Waals surface area contributed by atoms with E-state index in [2.05, 4.69) is 9.88 Å². The highest BCUT2D eigenvalue weighted by atomic mass is 16.6. The summed E-state index contributed by atoms with van der Waals surface area (Å²) in [5.41, 5.74) is -0.00379. The molecule has 1 saturated heterocycles. The molecule has 1 aromatic rings. The monoisotopic (exact) mass is 263 g/mol. The minimum atomic E-state index is -0.453. The summed E-state index contributed by atoms with van der Waals surface area (Å²) in [6, 6.07) is 3.83. The molecule has 2 fully saturated rings. The van der Waals surface area contributed by atoms with E-state index >= 15 is 0 Å². The lowest BCUT2D eigenvalue weighted by molar-refractivity contribution is -0.385. The van der Waals surface area contributed by atoms with Crippen molar-refractivity contribution in [3.8, 4) is 5.88 Å². The second kappa shape index (κ2) is 5.13. The standard InChI is InChI=1S/C13H17N3O3/c17-16(18)11-3-4-13(14-9-11)19-12-5-7-15(8-6-12)10-1-2-10/h3-4,9-10,12H,1-2,5-8H2. The maximum absolute atomic E-state index is 10.5. The molecule has 0 unspecified atom stereocenters. The molecule has 1 saturated carbocycles. The Bertz CT molecular complexity index is 451. The third-order valence-electron chi connectivity index (χ3n) is 3.76. The van der Waals surface area contributed by atoms with Gasteiger partial charge in [-0.1, -0.05) is 0 Å². The van der Waals surface area contributed by atoms with Crippen molar-refractivity contribution in [3.05, 3.63) is 28.4 Å². The second-order valence-corrected chi connectivity index (χ2v) is 5.20. The van der Waals surface area contributed by atoms with E-state index in [9.17, 15) is 10.1 Å². The first kappa shape index (κ1) is 12.3. The molecule has 1 aliphatic carbocycles. The van der Waals surface area contributed by atoms with E-state index in [1.165, 1.54) is 25.1 Å². The molecule has 0 bridgehead atoms. The lowest BCUT2D eigenvalue weighted by atomic mass is 10.1. The molecule has 0 atom stereocenters. The Morgan fingerprint density at radius 1 is 1.26 bits per heavy atom. The molecule has 102 valence electrons. The van der Waals surface area contributed by atoms with Crippen LogP contribution in [0.3, 0.4) is 0 Å². The van der Waals surface area contributed by atoms with Crippen LogP contribution in [-0.4, -0.2) is 40.0 Å². The van der Waals surface area contributed by atoms with E-state index in [0.29, 0.717) is 5.88 Å². The van der Waals surface area contributed by atoms with Gasteiger partial charge in [-0.05, 0) is 25.7 Å². The number of piperidine rings is 1. The summed E-state index contributed by atoms with van der Waals surface area (Å²) in [5, 5.41) is 10.5. The Hall–Kier alpha value is -1.69. The van der Waals surface area contributed by atoms with Crippen LogP contribution < -0.4 is 4.74 Å². The van der Waals surface area contributed by atoms with Gasteiger partial charge in [-0.2, -0.15) is 0 Å². The van der Waals surface area contributed by atoms with Crippen LogP contribution in [0.5, 0.6) is 5.88 Å². The molecule has 0 aromatic carbocycles. The predicted octanol–water partition coefficient (Wildman–Crippen LogP) is 2.00. The highest BCUT2D eigenvalue weighted by Crippen LogP contribution is 2.30. The average Bonchev–Trinajstić information content (AvgIpc) is 3.25. The third kappa shape index (κ3) is 3.01. The van der Waals surface area contributed by atoms with E-state index in [0.717, 1.165) is 32.0 Å². The van der Waals surface area contributed by atoms with E-state index in [1.54, 1.807) is 6.07 Å². The van der Waals surface area contributed by atoms with Crippen molar-refractivity contribution in [2.75, 3.05) is 13.1 Å². The lowest BCUT2D eigenvalue weighted by Gasteiger charge is -2.31. The van der Waals surface area contributed by atoms with Crippen LogP contribution in [0.15, 0.2) is 18.3 Å². The summed E-state index contributed by atoms with van der Waals surface area (Å²) in [6.07, 6.45) is 6.13. The van der Waals surface area contributed by atoms with Crippen molar-refractivity contribution in [3.63, 3.8) is 0 Å². The molecule has 2 aliphatic rings. The van der Waals surface area contributed by atoms with Gasteiger partial charge in [-0.3, -0.25) is 10.1 Å². The molecular formula is C13H17N3O3. The van der Waals surface area contributed by atoms with Crippen molar-refractivity contribution >= 4 is 5.69 Å². The average molecular weight is 263 g/mol. The molecule has 3 rings (SSSR count). The van der Waals surface area contributed by atoms with Gasteiger partial charge < -0.3 is 9.64 Å². The van der Waals surface area contributed by atoms with Crippen LogP contribution in [0.25, 0.3) is 0 Å². The summed E-state index contributed by atoms with van der Waals surface area (Å²) in [5.74, 6) is 0.482. The normalized spacial score (nSPS) is 21.3. The van der Waals surface area contributed by atoms with Gasteiger partial charge in [0.2, 0.25) is 5.88 Å². The van der Waals surface area contributed by atoms with Crippen molar-refractivity contribution in [1.29, 1.82) is 0 Å². The molecule has 0 amide bonds. The van der Waals surface area contributed by atoms with Crippen molar-refractivity contribution in [1.82, 2.24) is 9.88 Å². The fourth-order valence-electron chi connectivity index (χ4n) is 2.52. The quantitative estimate of drug-likeness (QED) is 0.614. The zero-order valence-electron chi connectivity index (χ0n) is 10.7. The first-order valence-electron chi connectivity index (χ1n) is 6.73. The van der Waals surface area contributed by atoms with Gasteiger partial charge in [0.1, 0.15) is 12.3 Å². The molecule has 1 aliphatic heterocycles. The van der Waals surface area contributed by atoms with Gasteiger partial charge in [0.25, 0.3) is 5.69 Å². The molecule has 0 radical (unpaired) electrons. The van der Waals surface area contributed by atoms with Crippen LogP contribution in [0.2, 0.25) is 0 Å². The van der Waals surface area contributed by atoms with Crippen LogP contribution in [0, 0.1) is 10.1 Å². The Kier molecular flexibility index (Phi) is 3.33. The molecule has 0 N–H and O–H groups in total. The summed E-state index contributed by atoms with van der Waals surface area (Å²) >= 11 is 0. The summed E-state index contributed by atoms with van der Waals surface area (Å²) in [4.78, 5) is 16.6. The number of hydrogen-bond acceptors (Lipinski definition) is 5. The van der Waals surface area contributed by atoms with Crippen LogP contribution >= 0.6 is 0 Å². The maximum atomic E-state index is 10.5. The van der Waals surface area contributed by atoms with Crippen LogP contribution in [-0.2, 0) is 0 Å². The lowest BCUT2D eigenvalue weighted by Crippen LogP contribution is -2.39. The number of aromatic nitrogens is 1. The van der Waals surface area contributed by atoms with Crippen molar-refractivity contribution in [2.45, 2.75) is 37.8 Å². The van der Waals surface area contributed by atoms with E-state index < -0.39 is 4.92 Å². The minimum Gasteiger partial charge on any atom is -0.474 e. The zero-order chi connectivity index (χ0) is 13.2. The number of rotatable bonds is 4. The largest absolute Gasteiger partial charge is 0.474 e. The first-order valence-corrected chi connectivity index (χ1v) is 6.73. The zero-order valence-corrected chi connectivity index (χ0v) is 10.7. The fourth-order valence-corrected chi connectivity index (χ4v) is 2.52. The molecular weight excluding hydrogens is 246 g/mol. The van der Waals surface area contributed by atoms with E-state index in [4.69, 9.17) is 4.74 Å². The Morgan fingerprint density at radius 3 is 2.53 bits per heavy atom. The minimum absolute atomic E-state index is 0.00379. The van der Waals surface area contributed by atoms with E-state index in [1.807, 2.05) is 0 Å². The summed E-state index contributed by atoms with van der Waals surface area (Å²) in [7, 11) is 0. The van der Waals surface area contributed by atoms with Crippen molar-refractivity contribution in [2.24, 2.45) is 0 Å². The molecule has 6 heteroatoms. The summed E-state index contributed by atoms with van der Waals surface area (Å²) < 4.78 is 5.78. The number of likely N-dealkylation sites (tertiary alicyclic amines) is 1. The topological polar surface area (TPSA) is 68.5 Å². The SMILES string of the molecule is O=[N+]([O-])c1ccc(OC2CCN(C3CC3)CC2)nc1. The Labute approximate surface area is 111 Å². The number of hydrogen-bond donors (Lipinski definition) is 0. The smallest absolute Gasteiger partial charge is 0.287 e. The van der Waals surface area contributed by atoms with Gasteiger partial charge in [0.05, 0.1) is 4.92 Å². The summed E-state index contributed by atoms with van der Waals surface area (Å²) in [6.45, 7) is 2.17. The van der Waals surface area contributed by atoms with Gasteiger partial charge >= 0.3 is 0 Å². The molecule has 1 aromatic heterocycles. The highest BCUT2D eigenvalue weighted by Gasteiger charge is 2.32. The number of ether oxygens (including phenoxy) is 1. The molecule has 0 spiro atoms. The van der Waals surface area contributed by atoms with Gasteiger partial charge in [-0.15, -0.1) is 0 Å². The number of nitrogens with zero attached hydrogens (tertiary/aromatic N) is 3. The van der Waals surface area contributed by atoms with Gasteiger partial charge in [0.15, 0.2) is 0 Å². The molecule has 6 nitrogen and oxygen atoms in total. The highest BCUT2D eigenvalue weighted by molar-refractivity contribution is 5.28. The maximum Gasteiger partial charge on any atom is 0.287 e. The van der Waals surface area contributed by atoms with Crippen molar-refractivity contribution < 1.29 is 9.66 Å². The fraction of sp³-hybridized carbons (Fsp3) is 0.615. The third-order valence-corrected chi connectivity index (χ3v) is 3.76. The second-order valence-electron chi connectivity index (χ2n) is 5.20. The van der Waals surface area contributed by atoms with Gasteiger partial charge in [-0.25, -0.2) is 4.98 Å². The van der Waals surface area contributed by atoms with Crippen LogP contribution in [0.4, 0.5) is 5.69 Å². The first-order chi connectivity index (χ1) is 9.22. The molecule has 2 heterocycles. The Balaban J connectivity index is 1.52. The molecule has 19 heavy (non-hydrogen) atoms. The number of nitro groups is 1. The van der Waals surface area contributed by atoms with Crippen LogP contribution in [0.1, 0.15) is 25.7 Å². The predicted molar refractivity (Wildman–Crippen MR) is 69.1 cm³/mol. The Morgan fingerprint density at radius 2 is 2.00 bits per heavy atom. The van der Waals surface area contributed by atoms with Gasteiger partial charge in [0, 0.05) is 31.3 Å². The van der Waals surface area contributed by atoms with E-state index in [-0.39, 0.29) is 11.8 Å².